The van der Waals surface area contributed by atoms with Crippen LogP contribution in [0.4, 0.5) is 0 Å². The Balaban J connectivity index is 1.62. The number of aryl methyl sites for hydroxylation is 2. The van der Waals surface area contributed by atoms with Crippen molar-refractivity contribution in [2.24, 2.45) is 0 Å². The van der Waals surface area contributed by atoms with E-state index in [1.807, 2.05) is 35.6 Å². The molecule has 1 saturated heterocycles. The molecule has 1 aromatic carbocycles. The third kappa shape index (κ3) is 2.67. The Hall–Kier alpha value is -2.77. The number of hydrogen-bond donors (Lipinski definition) is 0. The molecule has 8 heteroatoms. The number of aromatic nitrogens is 5. The molecular weight excluding hydrogens is 320 g/mol. The van der Waals surface area contributed by atoms with Gasteiger partial charge in [0.2, 0.25) is 5.89 Å². The molecule has 3 aromatic rings. The van der Waals surface area contributed by atoms with Crippen molar-refractivity contribution in [3.05, 3.63) is 35.5 Å². The quantitative estimate of drug-likeness (QED) is 0.724. The summed E-state index contributed by atoms with van der Waals surface area (Å²) in [4.78, 5) is 19.2. The summed E-state index contributed by atoms with van der Waals surface area (Å²) >= 11 is 0. The summed E-state index contributed by atoms with van der Waals surface area (Å²) in [5, 5.41) is 12.3. The lowest BCUT2D eigenvalue weighted by Gasteiger charge is -2.22. The standard InChI is InChI=1S/C17H20N6O2/c1-3-15-18-16(20-25-15)14-6-5-9-22(14)17(24)11-7-8-13-12(10-11)19-21-23(13)4-2/h7-8,10,14H,3-6,9H2,1-2H3/t14-/m0/s1. The minimum absolute atomic E-state index is 0.0294. The highest BCUT2D eigenvalue weighted by Crippen LogP contribution is 2.32. The van der Waals surface area contributed by atoms with Gasteiger partial charge >= 0.3 is 0 Å². The van der Waals surface area contributed by atoms with Crippen LogP contribution in [0.2, 0.25) is 0 Å². The molecule has 0 radical (unpaired) electrons. The molecule has 130 valence electrons. The Bertz CT molecular complexity index is 915. The fourth-order valence-electron chi connectivity index (χ4n) is 3.33. The topological polar surface area (TPSA) is 89.9 Å². The molecule has 1 atom stereocenters. The van der Waals surface area contributed by atoms with E-state index in [0.29, 0.717) is 30.2 Å². The average Bonchev–Trinajstić information content (AvgIpc) is 3.38. The minimum Gasteiger partial charge on any atom is -0.339 e. The molecule has 0 N–H and O–H groups in total. The molecule has 1 fully saturated rings. The lowest BCUT2D eigenvalue weighted by Crippen LogP contribution is -2.31. The van der Waals surface area contributed by atoms with E-state index < -0.39 is 0 Å². The van der Waals surface area contributed by atoms with Gasteiger partial charge in [-0.25, -0.2) is 4.68 Å². The zero-order valence-electron chi connectivity index (χ0n) is 14.3. The number of likely N-dealkylation sites (tertiary alicyclic amines) is 1. The van der Waals surface area contributed by atoms with Crippen LogP contribution in [0.5, 0.6) is 0 Å². The molecule has 3 heterocycles. The smallest absolute Gasteiger partial charge is 0.254 e. The highest BCUT2D eigenvalue weighted by molar-refractivity contribution is 5.97. The van der Waals surface area contributed by atoms with E-state index in [0.717, 1.165) is 30.4 Å². The lowest BCUT2D eigenvalue weighted by molar-refractivity contribution is 0.0728. The molecule has 1 aliphatic heterocycles. The Morgan fingerprint density at radius 3 is 3.00 bits per heavy atom. The first kappa shape index (κ1) is 15.7. The minimum atomic E-state index is -0.126. The van der Waals surface area contributed by atoms with Gasteiger partial charge in [-0.2, -0.15) is 4.98 Å². The van der Waals surface area contributed by atoms with Crippen molar-refractivity contribution in [1.82, 2.24) is 30.0 Å². The molecule has 0 unspecified atom stereocenters. The number of nitrogens with zero attached hydrogens (tertiary/aromatic N) is 6. The number of benzene rings is 1. The van der Waals surface area contributed by atoms with Crippen LogP contribution in [0, 0.1) is 0 Å². The first-order chi connectivity index (χ1) is 12.2. The van der Waals surface area contributed by atoms with Gasteiger partial charge in [0.15, 0.2) is 5.82 Å². The van der Waals surface area contributed by atoms with E-state index in [9.17, 15) is 4.79 Å². The maximum atomic E-state index is 13.0. The number of carbonyl (C=O) groups is 1. The normalized spacial score (nSPS) is 17.5. The molecule has 0 aliphatic carbocycles. The van der Waals surface area contributed by atoms with Crippen LogP contribution in [-0.4, -0.2) is 42.5 Å². The summed E-state index contributed by atoms with van der Waals surface area (Å²) in [6, 6.07) is 5.42. The highest BCUT2D eigenvalue weighted by atomic mass is 16.5. The number of rotatable bonds is 4. The maximum absolute atomic E-state index is 13.0. The number of fused-ring (bicyclic) bond motifs is 1. The van der Waals surface area contributed by atoms with E-state index >= 15 is 0 Å². The van der Waals surface area contributed by atoms with Gasteiger partial charge in [-0.3, -0.25) is 4.79 Å². The number of carbonyl (C=O) groups excluding carboxylic acids is 1. The largest absolute Gasteiger partial charge is 0.339 e. The van der Waals surface area contributed by atoms with Crippen molar-refractivity contribution in [1.29, 1.82) is 0 Å². The summed E-state index contributed by atoms with van der Waals surface area (Å²) in [6.07, 6.45) is 2.47. The molecule has 25 heavy (non-hydrogen) atoms. The van der Waals surface area contributed by atoms with Crippen molar-refractivity contribution < 1.29 is 9.32 Å². The second kappa shape index (κ2) is 6.27. The maximum Gasteiger partial charge on any atom is 0.254 e. The van der Waals surface area contributed by atoms with Gasteiger partial charge in [0.25, 0.3) is 5.91 Å². The Morgan fingerprint density at radius 1 is 1.36 bits per heavy atom. The predicted octanol–water partition coefficient (Wildman–Crippen LogP) is 2.37. The summed E-state index contributed by atoms with van der Waals surface area (Å²) in [5.74, 6) is 1.17. The van der Waals surface area contributed by atoms with Crippen molar-refractivity contribution >= 4 is 16.9 Å². The van der Waals surface area contributed by atoms with Gasteiger partial charge < -0.3 is 9.42 Å². The van der Waals surface area contributed by atoms with Crippen molar-refractivity contribution in [3.8, 4) is 0 Å². The molecule has 0 bridgehead atoms. The van der Waals surface area contributed by atoms with Crippen LogP contribution >= 0.6 is 0 Å². The molecule has 1 aliphatic rings. The fourth-order valence-corrected chi connectivity index (χ4v) is 3.33. The summed E-state index contributed by atoms with van der Waals surface area (Å²) in [6.45, 7) is 5.42. The highest BCUT2D eigenvalue weighted by Gasteiger charge is 2.34. The van der Waals surface area contributed by atoms with Gasteiger partial charge in [-0.1, -0.05) is 17.3 Å². The molecule has 8 nitrogen and oxygen atoms in total. The van der Waals surface area contributed by atoms with Crippen LogP contribution < -0.4 is 0 Å². The fraction of sp³-hybridized carbons (Fsp3) is 0.471. The summed E-state index contributed by atoms with van der Waals surface area (Å²) in [5.41, 5.74) is 2.28. The van der Waals surface area contributed by atoms with Crippen LogP contribution in [0.3, 0.4) is 0 Å². The van der Waals surface area contributed by atoms with Crippen molar-refractivity contribution in [2.75, 3.05) is 6.54 Å². The summed E-state index contributed by atoms with van der Waals surface area (Å²) in [7, 11) is 0. The number of hydrogen-bond acceptors (Lipinski definition) is 6. The molecule has 2 aromatic heterocycles. The third-order valence-electron chi connectivity index (χ3n) is 4.66. The van der Waals surface area contributed by atoms with E-state index in [1.54, 1.807) is 6.07 Å². The second-order valence-electron chi connectivity index (χ2n) is 6.17. The molecule has 1 amide bonds. The van der Waals surface area contributed by atoms with Crippen LogP contribution in [-0.2, 0) is 13.0 Å². The second-order valence-corrected chi connectivity index (χ2v) is 6.17. The van der Waals surface area contributed by atoms with Gasteiger partial charge in [-0.05, 0) is 38.0 Å². The van der Waals surface area contributed by atoms with Gasteiger partial charge in [-0.15, -0.1) is 5.10 Å². The van der Waals surface area contributed by atoms with Crippen LogP contribution in [0.25, 0.3) is 11.0 Å². The van der Waals surface area contributed by atoms with E-state index in [1.165, 1.54) is 0 Å². The summed E-state index contributed by atoms with van der Waals surface area (Å²) < 4.78 is 7.03. The van der Waals surface area contributed by atoms with Crippen molar-refractivity contribution in [3.63, 3.8) is 0 Å². The Morgan fingerprint density at radius 2 is 2.24 bits per heavy atom. The Kier molecular flexibility index (Phi) is 3.95. The predicted molar refractivity (Wildman–Crippen MR) is 89.9 cm³/mol. The lowest BCUT2D eigenvalue weighted by atomic mass is 10.1. The van der Waals surface area contributed by atoms with E-state index in [-0.39, 0.29) is 11.9 Å². The SMILES string of the molecule is CCc1nc([C@@H]2CCCN2C(=O)c2ccc3c(c2)nnn3CC)no1. The first-order valence-corrected chi connectivity index (χ1v) is 8.68. The molecule has 4 rings (SSSR count). The van der Waals surface area contributed by atoms with Gasteiger partial charge in [0.05, 0.1) is 11.6 Å². The zero-order chi connectivity index (χ0) is 17.4. The Labute approximate surface area is 144 Å². The zero-order valence-corrected chi connectivity index (χ0v) is 14.3. The van der Waals surface area contributed by atoms with E-state index in [2.05, 4.69) is 20.5 Å². The van der Waals surface area contributed by atoms with Crippen LogP contribution in [0.1, 0.15) is 54.8 Å². The van der Waals surface area contributed by atoms with E-state index in [4.69, 9.17) is 4.52 Å². The van der Waals surface area contributed by atoms with Crippen molar-refractivity contribution in [2.45, 2.75) is 45.7 Å². The monoisotopic (exact) mass is 340 g/mol. The van der Waals surface area contributed by atoms with Gasteiger partial charge in [0.1, 0.15) is 5.52 Å². The first-order valence-electron chi connectivity index (χ1n) is 8.68. The average molecular weight is 340 g/mol. The molecular formula is C17H20N6O2. The van der Waals surface area contributed by atoms with Crippen LogP contribution in [0.15, 0.2) is 22.7 Å². The third-order valence-corrected chi connectivity index (χ3v) is 4.66. The number of amides is 1. The molecule has 0 saturated carbocycles. The van der Waals surface area contributed by atoms with Gasteiger partial charge in [0, 0.05) is 25.1 Å². The molecule has 0 spiro atoms.